The third-order valence-corrected chi connectivity index (χ3v) is 6.18. The van der Waals surface area contributed by atoms with Crippen molar-refractivity contribution in [2.45, 2.75) is 44.9 Å². The van der Waals surface area contributed by atoms with Crippen LogP contribution in [0, 0.1) is 0 Å². The Morgan fingerprint density at radius 1 is 0.415 bits per heavy atom. The zero-order chi connectivity index (χ0) is 28.5. The third-order valence-electron chi connectivity index (χ3n) is 6.18. The summed E-state index contributed by atoms with van der Waals surface area (Å²) in [5.41, 5.74) is 4.51. The highest BCUT2D eigenvalue weighted by Crippen LogP contribution is 2.22. The topological polar surface area (TPSA) is 108 Å². The maximum absolute atomic E-state index is 12.3. The van der Waals surface area contributed by atoms with Crippen molar-refractivity contribution in [3.05, 3.63) is 109 Å². The highest BCUT2D eigenvalue weighted by molar-refractivity contribution is 5.91. The fourth-order valence-electron chi connectivity index (χ4n) is 3.99. The van der Waals surface area contributed by atoms with Gasteiger partial charge in [0.1, 0.15) is 0 Å². The van der Waals surface area contributed by atoms with Crippen LogP contribution in [0.2, 0.25) is 0 Å². The summed E-state index contributed by atoms with van der Waals surface area (Å²) in [7, 11) is 0. The van der Waals surface area contributed by atoms with E-state index in [1.807, 2.05) is 109 Å². The van der Waals surface area contributed by atoms with Crippen LogP contribution in [0.25, 0.3) is 0 Å². The van der Waals surface area contributed by atoms with E-state index in [0.717, 1.165) is 66.2 Å². The molecule has 0 spiro atoms. The highest BCUT2D eigenvalue weighted by Gasteiger charge is 2.05. The van der Waals surface area contributed by atoms with Crippen LogP contribution in [-0.4, -0.2) is 11.8 Å². The molecule has 0 unspecified atom stereocenters. The van der Waals surface area contributed by atoms with Crippen LogP contribution in [-0.2, 0) is 9.59 Å². The molecule has 2 amide bonds. The molecule has 0 aliphatic rings. The van der Waals surface area contributed by atoms with Crippen molar-refractivity contribution in [2.24, 2.45) is 20.5 Å². The number of carbonyl (C=O) groups excluding carboxylic acids is 2. The number of hydrogen-bond acceptors (Lipinski definition) is 6. The molecule has 0 fully saturated rings. The number of nitrogens with one attached hydrogen (secondary N) is 2. The summed E-state index contributed by atoms with van der Waals surface area (Å²) >= 11 is 0. The van der Waals surface area contributed by atoms with Gasteiger partial charge in [-0.25, -0.2) is 0 Å². The lowest BCUT2D eigenvalue weighted by Crippen LogP contribution is -2.11. The van der Waals surface area contributed by atoms with Crippen molar-refractivity contribution in [2.75, 3.05) is 10.6 Å². The number of benzene rings is 4. The van der Waals surface area contributed by atoms with E-state index in [4.69, 9.17) is 0 Å². The van der Waals surface area contributed by atoms with Crippen LogP contribution in [0.5, 0.6) is 0 Å². The van der Waals surface area contributed by atoms with Gasteiger partial charge in [0.2, 0.25) is 11.8 Å². The van der Waals surface area contributed by atoms with E-state index in [2.05, 4.69) is 31.1 Å². The van der Waals surface area contributed by atoms with Gasteiger partial charge in [0.25, 0.3) is 0 Å². The fourth-order valence-corrected chi connectivity index (χ4v) is 3.99. The van der Waals surface area contributed by atoms with E-state index in [-0.39, 0.29) is 11.8 Å². The summed E-state index contributed by atoms with van der Waals surface area (Å²) in [5.74, 6) is -0.00816. The second-order valence-electron chi connectivity index (χ2n) is 9.53. The Morgan fingerprint density at radius 2 is 0.732 bits per heavy atom. The van der Waals surface area contributed by atoms with Gasteiger partial charge < -0.3 is 10.6 Å². The second-order valence-corrected chi connectivity index (χ2v) is 9.53. The van der Waals surface area contributed by atoms with Crippen molar-refractivity contribution < 1.29 is 9.59 Å². The predicted octanol–water partition coefficient (Wildman–Crippen LogP) is 9.83. The molecular weight excluding hydrogens is 512 g/mol. The van der Waals surface area contributed by atoms with Crippen molar-refractivity contribution in [3.63, 3.8) is 0 Å². The Labute approximate surface area is 240 Å². The van der Waals surface area contributed by atoms with E-state index in [9.17, 15) is 9.59 Å². The van der Waals surface area contributed by atoms with Crippen LogP contribution in [0.15, 0.2) is 130 Å². The number of rotatable bonds is 14. The Hall–Kier alpha value is -4.98. The molecule has 0 aromatic heterocycles. The van der Waals surface area contributed by atoms with Crippen molar-refractivity contribution in [1.29, 1.82) is 0 Å². The molecule has 8 heteroatoms. The van der Waals surface area contributed by atoms with Gasteiger partial charge in [-0.3, -0.25) is 9.59 Å². The number of unbranched alkanes of at least 4 members (excludes halogenated alkanes) is 4. The molecular formula is C33H34N6O2. The molecule has 0 saturated carbocycles. The molecule has 0 atom stereocenters. The maximum Gasteiger partial charge on any atom is 0.224 e. The number of hydrogen-bond donors (Lipinski definition) is 2. The van der Waals surface area contributed by atoms with Gasteiger partial charge in [0.05, 0.1) is 22.7 Å². The first-order valence-corrected chi connectivity index (χ1v) is 13.9. The smallest absolute Gasteiger partial charge is 0.224 e. The van der Waals surface area contributed by atoms with Crippen molar-refractivity contribution >= 4 is 45.9 Å². The van der Waals surface area contributed by atoms with Gasteiger partial charge in [0, 0.05) is 24.2 Å². The average molecular weight is 547 g/mol. The largest absolute Gasteiger partial charge is 0.326 e. The molecule has 0 heterocycles. The molecule has 0 aliphatic carbocycles. The molecule has 4 aromatic rings. The molecule has 2 N–H and O–H groups in total. The average Bonchev–Trinajstić information content (AvgIpc) is 3.01. The summed E-state index contributed by atoms with van der Waals surface area (Å²) in [6, 6.07) is 33.7. The summed E-state index contributed by atoms with van der Waals surface area (Å²) < 4.78 is 0. The molecule has 8 nitrogen and oxygen atoms in total. The normalized spacial score (nSPS) is 11.1. The number of nitrogens with zero attached hydrogens (tertiary/aromatic N) is 4. The Bertz CT molecular complexity index is 1310. The van der Waals surface area contributed by atoms with E-state index < -0.39 is 0 Å². The Balaban J connectivity index is 1.04. The third kappa shape index (κ3) is 11.0. The van der Waals surface area contributed by atoms with Crippen LogP contribution >= 0.6 is 0 Å². The standard InChI is InChI=1S/C33H34N6O2/c40-32(34-26-18-22-30(23-19-26)38-36-28-12-6-4-7-13-28)16-10-2-1-3-11-17-33(41)35-27-20-24-31(25-21-27)39-37-29-14-8-5-9-15-29/h4-9,12-15,18-25H,1-3,10-11,16-17H2,(H,34,40)(H,35,41). The van der Waals surface area contributed by atoms with E-state index in [1.165, 1.54) is 0 Å². The minimum Gasteiger partial charge on any atom is -0.326 e. The Morgan fingerprint density at radius 3 is 1.10 bits per heavy atom. The molecule has 0 radical (unpaired) electrons. The maximum atomic E-state index is 12.3. The monoisotopic (exact) mass is 546 g/mol. The lowest BCUT2D eigenvalue weighted by atomic mass is 10.1. The summed E-state index contributed by atoms with van der Waals surface area (Å²) in [6.07, 6.45) is 5.46. The Kier molecular flexibility index (Phi) is 11.5. The van der Waals surface area contributed by atoms with Gasteiger partial charge in [0.15, 0.2) is 0 Å². The quantitative estimate of drug-likeness (QED) is 0.121. The van der Waals surface area contributed by atoms with E-state index in [0.29, 0.717) is 12.8 Å². The van der Waals surface area contributed by atoms with E-state index >= 15 is 0 Å². The first-order valence-electron chi connectivity index (χ1n) is 13.9. The zero-order valence-electron chi connectivity index (χ0n) is 22.9. The lowest BCUT2D eigenvalue weighted by Gasteiger charge is -2.06. The van der Waals surface area contributed by atoms with Crippen molar-refractivity contribution in [1.82, 2.24) is 0 Å². The number of azo groups is 2. The number of amides is 2. The second kappa shape index (κ2) is 16.2. The van der Waals surface area contributed by atoms with Crippen molar-refractivity contribution in [3.8, 4) is 0 Å². The molecule has 4 aromatic carbocycles. The van der Waals surface area contributed by atoms with Gasteiger partial charge >= 0.3 is 0 Å². The summed E-state index contributed by atoms with van der Waals surface area (Å²) in [5, 5.41) is 22.7. The summed E-state index contributed by atoms with van der Waals surface area (Å²) in [6.45, 7) is 0. The van der Waals surface area contributed by atoms with Crippen LogP contribution < -0.4 is 10.6 Å². The SMILES string of the molecule is O=C(CCCCCCCC(=O)Nc1ccc(N=Nc2ccccc2)cc1)Nc1ccc(N=Nc2ccccc2)cc1. The fraction of sp³-hybridized carbons (Fsp3) is 0.212. The first-order chi connectivity index (χ1) is 20.1. The van der Waals surface area contributed by atoms with Gasteiger partial charge in [-0.2, -0.15) is 20.5 Å². The number of carbonyl (C=O) groups is 2. The molecule has 4 rings (SSSR count). The first kappa shape index (κ1) is 29.0. The van der Waals surface area contributed by atoms with Gasteiger partial charge in [-0.1, -0.05) is 55.7 Å². The predicted molar refractivity (Wildman–Crippen MR) is 164 cm³/mol. The summed E-state index contributed by atoms with van der Waals surface area (Å²) in [4.78, 5) is 24.5. The molecule has 41 heavy (non-hydrogen) atoms. The van der Waals surface area contributed by atoms with Crippen LogP contribution in [0.4, 0.5) is 34.1 Å². The van der Waals surface area contributed by atoms with Crippen LogP contribution in [0.1, 0.15) is 44.9 Å². The number of anilines is 2. The van der Waals surface area contributed by atoms with Gasteiger partial charge in [-0.05, 0) is 85.6 Å². The molecule has 0 bridgehead atoms. The molecule has 208 valence electrons. The highest BCUT2D eigenvalue weighted by atomic mass is 16.2. The minimum atomic E-state index is -0.00408. The zero-order valence-corrected chi connectivity index (χ0v) is 22.9. The molecule has 0 aliphatic heterocycles. The minimum absolute atomic E-state index is 0.00408. The van der Waals surface area contributed by atoms with E-state index in [1.54, 1.807) is 0 Å². The van der Waals surface area contributed by atoms with Crippen LogP contribution in [0.3, 0.4) is 0 Å². The lowest BCUT2D eigenvalue weighted by molar-refractivity contribution is -0.117. The van der Waals surface area contributed by atoms with Gasteiger partial charge in [-0.15, -0.1) is 0 Å². The molecule has 0 saturated heterocycles.